The van der Waals surface area contributed by atoms with Gasteiger partial charge in [-0.1, -0.05) is 42.5 Å². The van der Waals surface area contributed by atoms with Gasteiger partial charge in [-0.15, -0.1) is 0 Å². The number of rotatable bonds is 5. The molecule has 5 nitrogen and oxygen atoms in total. The van der Waals surface area contributed by atoms with Crippen LogP contribution in [0.4, 0.5) is 5.82 Å². The fourth-order valence-electron chi connectivity index (χ4n) is 3.55. The number of aromatic nitrogens is 2. The van der Waals surface area contributed by atoms with E-state index in [4.69, 9.17) is 0 Å². The van der Waals surface area contributed by atoms with Crippen molar-refractivity contribution in [3.63, 3.8) is 0 Å². The molecule has 0 saturated carbocycles. The molecule has 0 spiro atoms. The van der Waals surface area contributed by atoms with E-state index in [-0.39, 0.29) is 0 Å². The van der Waals surface area contributed by atoms with Crippen molar-refractivity contribution in [2.45, 2.75) is 33.1 Å². The van der Waals surface area contributed by atoms with Gasteiger partial charge >= 0.3 is 5.97 Å². The van der Waals surface area contributed by atoms with Crippen LogP contribution in [0.3, 0.4) is 0 Å². The lowest BCUT2D eigenvalue weighted by molar-refractivity contribution is -0.149. The number of piperidine rings is 1. The first-order valence-corrected chi connectivity index (χ1v) is 9.00. The third kappa shape index (κ3) is 3.93. The van der Waals surface area contributed by atoms with E-state index in [1.54, 1.807) is 6.20 Å². The van der Waals surface area contributed by atoms with Gasteiger partial charge in [0.1, 0.15) is 5.82 Å². The molecule has 0 radical (unpaired) electrons. The summed E-state index contributed by atoms with van der Waals surface area (Å²) >= 11 is 0. The number of hydrogen-bond acceptors (Lipinski definition) is 4. The Kier molecular flexibility index (Phi) is 5.35. The van der Waals surface area contributed by atoms with Crippen molar-refractivity contribution < 1.29 is 9.90 Å². The molecule has 0 aliphatic carbocycles. The highest BCUT2D eigenvalue weighted by Crippen LogP contribution is 2.36. The summed E-state index contributed by atoms with van der Waals surface area (Å²) in [6.07, 6.45) is 7.75. The van der Waals surface area contributed by atoms with Crippen LogP contribution in [0, 0.1) is 19.3 Å². The highest BCUT2D eigenvalue weighted by Gasteiger charge is 2.42. The van der Waals surface area contributed by atoms with Crippen molar-refractivity contribution >= 4 is 17.9 Å². The first-order chi connectivity index (χ1) is 12.5. The van der Waals surface area contributed by atoms with Crippen LogP contribution >= 0.6 is 0 Å². The molecular formula is C21H25N3O2. The van der Waals surface area contributed by atoms with Crippen molar-refractivity contribution in [3.8, 4) is 0 Å². The zero-order chi connectivity index (χ0) is 18.6. The quantitative estimate of drug-likeness (QED) is 0.886. The molecule has 136 valence electrons. The number of carbonyl (C=O) groups is 1. The summed E-state index contributed by atoms with van der Waals surface area (Å²) in [5, 5.41) is 9.98. The molecule has 1 fully saturated rings. The first-order valence-electron chi connectivity index (χ1n) is 9.00. The molecule has 5 heteroatoms. The lowest BCUT2D eigenvalue weighted by atomic mass is 9.77. The predicted octanol–water partition coefficient (Wildman–Crippen LogP) is 3.87. The maximum atomic E-state index is 12.2. The number of nitrogens with zero attached hydrogens (tertiary/aromatic N) is 3. The largest absolute Gasteiger partial charge is 0.481 e. The van der Waals surface area contributed by atoms with Crippen LogP contribution in [0.15, 0.2) is 42.6 Å². The first kappa shape index (κ1) is 18.1. The summed E-state index contributed by atoms with van der Waals surface area (Å²) in [5.41, 5.74) is 1.99. The monoisotopic (exact) mass is 351 g/mol. The molecule has 1 aromatic carbocycles. The van der Waals surface area contributed by atoms with E-state index < -0.39 is 11.4 Å². The molecule has 1 saturated heterocycles. The SMILES string of the molecule is Cc1cnc(C)c(N2CCC[C@@](C/C=C/c3ccccc3)(C(=O)O)C2)n1. The van der Waals surface area contributed by atoms with Crippen LogP contribution in [0.25, 0.3) is 6.08 Å². The average molecular weight is 351 g/mol. The van der Waals surface area contributed by atoms with Gasteiger partial charge in [0, 0.05) is 19.3 Å². The number of benzene rings is 1. The highest BCUT2D eigenvalue weighted by atomic mass is 16.4. The van der Waals surface area contributed by atoms with Crippen LogP contribution < -0.4 is 4.90 Å². The topological polar surface area (TPSA) is 66.3 Å². The number of carboxylic acid groups (broad SMARTS) is 1. The maximum absolute atomic E-state index is 12.2. The van der Waals surface area contributed by atoms with Gasteiger partial charge in [0.05, 0.1) is 16.8 Å². The van der Waals surface area contributed by atoms with Crippen LogP contribution in [0.5, 0.6) is 0 Å². The third-order valence-corrected chi connectivity index (χ3v) is 5.00. The van der Waals surface area contributed by atoms with Gasteiger partial charge in [-0.2, -0.15) is 0 Å². The molecule has 3 rings (SSSR count). The summed E-state index contributed by atoms with van der Waals surface area (Å²) in [6, 6.07) is 9.97. The minimum absolute atomic E-state index is 0.459. The molecule has 1 aromatic heterocycles. The van der Waals surface area contributed by atoms with Gasteiger partial charge in [0.2, 0.25) is 0 Å². The molecule has 1 aliphatic rings. The highest BCUT2D eigenvalue weighted by molar-refractivity contribution is 5.76. The van der Waals surface area contributed by atoms with Crippen molar-refractivity contribution in [1.82, 2.24) is 9.97 Å². The van der Waals surface area contributed by atoms with Crippen molar-refractivity contribution in [1.29, 1.82) is 0 Å². The van der Waals surface area contributed by atoms with Crippen LogP contribution in [-0.4, -0.2) is 34.1 Å². The number of anilines is 1. The standard InChI is InChI=1S/C21H25N3O2/c1-16-14-22-17(2)19(23-16)24-13-7-12-21(15-24,20(25)26)11-6-10-18-8-4-3-5-9-18/h3-6,8-10,14H,7,11-13,15H2,1-2H3,(H,25,26)/b10-6+/t21-/m1/s1. The number of aliphatic carboxylic acids is 1. The summed E-state index contributed by atoms with van der Waals surface area (Å²) in [4.78, 5) is 23.2. The van der Waals surface area contributed by atoms with E-state index in [9.17, 15) is 9.90 Å². The van der Waals surface area contributed by atoms with Gasteiger partial charge in [0.25, 0.3) is 0 Å². The van der Waals surface area contributed by atoms with Gasteiger partial charge in [-0.05, 0) is 38.7 Å². The normalized spacial score (nSPS) is 20.5. The Balaban J connectivity index is 1.81. The van der Waals surface area contributed by atoms with E-state index in [1.165, 1.54) is 0 Å². The van der Waals surface area contributed by atoms with E-state index >= 15 is 0 Å². The summed E-state index contributed by atoms with van der Waals surface area (Å²) < 4.78 is 0. The van der Waals surface area contributed by atoms with Gasteiger partial charge < -0.3 is 10.0 Å². The molecule has 0 amide bonds. The number of aryl methyl sites for hydroxylation is 2. The molecular weight excluding hydrogens is 326 g/mol. The zero-order valence-corrected chi connectivity index (χ0v) is 15.4. The minimum atomic E-state index is -0.790. The smallest absolute Gasteiger partial charge is 0.311 e. The lowest BCUT2D eigenvalue weighted by Gasteiger charge is -2.40. The second-order valence-electron chi connectivity index (χ2n) is 7.05. The van der Waals surface area contributed by atoms with Crippen molar-refractivity contribution in [2.24, 2.45) is 5.41 Å². The van der Waals surface area contributed by atoms with Crippen molar-refractivity contribution in [3.05, 3.63) is 59.6 Å². The second-order valence-corrected chi connectivity index (χ2v) is 7.05. The molecule has 1 atom stereocenters. The van der Waals surface area contributed by atoms with Crippen LogP contribution in [0.2, 0.25) is 0 Å². The predicted molar refractivity (Wildman–Crippen MR) is 103 cm³/mol. The Morgan fingerprint density at radius 1 is 1.31 bits per heavy atom. The maximum Gasteiger partial charge on any atom is 0.311 e. The number of hydrogen-bond donors (Lipinski definition) is 1. The Hall–Kier alpha value is -2.69. The lowest BCUT2D eigenvalue weighted by Crippen LogP contribution is -2.48. The molecule has 0 bridgehead atoms. The molecule has 2 heterocycles. The number of allylic oxidation sites excluding steroid dienone is 1. The van der Waals surface area contributed by atoms with Gasteiger partial charge in [-0.25, -0.2) is 4.98 Å². The fourth-order valence-corrected chi connectivity index (χ4v) is 3.55. The number of carboxylic acids is 1. The minimum Gasteiger partial charge on any atom is -0.481 e. The summed E-state index contributed by atoms with van der Waals surface area (Å²) in [5.74, 6) is 0.0699. The Bertz CT molecular complexity index is 804. The van der Waals surface area contributed by atoms with Gasteiger partial charge in [0.15, 0.2) is 0 Å². The zero-order valence-electron chi connectivity index (χ0n) is 15.4. The van der Waals surface area contributed by atoms with E-state index in [2.05, 4.69) is 14.9 Å². The molecule has 1 aliphatic heterocycles. The second kappa shape index (κ2) is 7.68. The Morgan fingerprint density at radius 2 is 2.08 bits per heavy atom. The third-order valence-electron chi connectivity index (χ3n) is 5.00. The van der Waals surface area contributed by atoms with E-state index in [0.717, 1.165) is 35.7 Å². The summed E-state index contributed by atoms with van der Waals surface area (Å²) in [6.45, 7) is 5.11. The van der Waals surface area contributed by atoms with Gasteiger partial charge in [-0.3, -0.25) is 9.78 Å². The Labute approximate surface area is 154 Å². The van der Waals surface area contributed by atoms with E-state index in [0.29, 0.717) is 19.4 Å². The Morgan fingerprint density at radius 3 is 2.81 bits per heavy atom. The van der Waals surface area contributed by atoms with E-state index in [1.807, 2.05) is 56.3 Å². The van der Waals surface area contributed by atoms with Crippen molar-refractivity contribution in [2.75, 3.05) is 18.0 Å². The van der Waals surface area contributed by atoms with Crippen LogP contribution in [0.1, 0.15) is 36.2 Å². The fraction of sp³-hybridized carbons (Fsp3) is 0.381. The molecule has 1 N–H and O–H groups in total. The van der Waals surface area contributed by atoms with Crippen LogP contribution in [-0.2, 0) is 4.79 Å². The average Bonchev–Trinajstić information content (AvgIpc) is 2.65. The molecule has 0 unspecified atom stereocenters. The molecule has 2 aromatic rings. The molecule has 26 heavy (non-hydrogen) atoms. The summed E-state index contributed by atoms with van der Waals surface area (Å²) in [7, 11) is 0.